The molecule has 0 saturated heterocycles. The molecule has 2 aromatic rings. The molecule has 1 aliphatic rings. The van der Waals surface area contributed by atoms with E-state index in [2.05, 4.69) is 4.90 Å². The van der Waals surface area contributed by atoms with E-state index in [1.54, 1.807) is 31.2 Å². The van der Waals surface area contributed by atoms with Gasteiger partial charge in [-0.3, -0.25) is 0 Å². The van der Waals surface area contributed by atoms with Gasteiger partial charge in [-0.05, 0) is 48.2 Å². The summed E-state index contributed by atoms with van der Waals surface area (Å²) in [5, 5.41) is 9.37. The second-order valence-electron chi connectivity index (χ2n) is 6.18. The van der Waals surface area contributed by atoms with E-state index in [0.29, 0.717) is 17.0 Å². The number of sulfone groups is 1. The molecule has 1 heterocycles. The first-order chi connectivity index (χ1) is 11.9. The molecule has 5 nitrogen and oxygen atoms in total. The summed E-state index contributed by atoms with van der Waals surface area (Å²) in [6, 6.07) is 12.3. The number of fused-ring (bicyclic) bond motifs is 1. The van der Waals surface area contributed by atoms with Crippen LogP contribution in [0.1, 0.15) is 34.8 Å². The van der Waals surface area contributed by atoms with Gasteiger partial charge in [0, 0.05) is 18.8 Å². The SMILES string of the molecule is CCS(=O)(=O)c1ccc(CN2CCCc3c(C(=O)O)cccc32)cc1. The third-order valence-electron chi connectivity index (χ3n) is 4.61. The number of hydrogen-bond acceptors (Lipinski definition) is 4. The van der Waals surface area contributed by atoms with Crippen LogP contribution in [0.3, 0.4) is 0 Å². The number of benzene rings is 2. The Hall–Kier alpha value is -2.34. The average molecular weight is 359 g/mol. The standard InChI is InChI=1S/C19H21NO4S/c1-2-25(23,24)15-10-8-14(9-11-15)13-20-12-4-6-16-17(19(21)22)5-3-7-18(16)20/h3,5,7-11H,2,4,6,12-13H2,1H3,(H,21,22). The van der Waals surface area contributed by atoms with Crippen LogP contribution in [0.5, 0.6) is 0 Å². The van der Waals surface area contributed by atoms with Crippen molar-refractivity contribution in [2.75, 3.05) is 17.2 Å². The third-order valence-corrected chi connectivity index (χ3v) is 6.36. The van der Waals surface area contributed by atoms with Crippen molar-refractivity contribution in [2.24, 2.45) is 0 Å². The van der Waals surface area contributed by atoms with Crippen molar-refractivity contribution in [3.63, 3.8) is 0 Å². The average Bonchev–Trinajstić information content (AvgIpc) is 2.62. The van der Waals surface area contributed by atoms with Crippen molar-refractivity contribution in [2.45, 2.75) is 31.2 Å². The van der Waals surface area contributed by atoms with Gasteiger partial charge in [0.25, 0.3) is 0 Å². The summed E-state index contributed by atoms with van der Waals surface area (Å²) in [4.78, 5) is 13.9. The lowest BCUT2D eigenvalue weighted by molar-refractivity contribution is 0.0695. The van der Waals surface area contributed by atoms with Crippen molar-refractivity contribution < 1.29 is 18.3 Å². The van der Waals surface area contributed by atoms with E-state index in [1.807, 2.05) is 18.2 Å². The van der Waals surface area contributed by atoms with Crippen molar-refractivity contribution in [1.82, 2.24) is 0 Å². The van der Waals surface area contributed by atoms with E-state index >= 15 is 0 Å². The molecule has 0 fully saturated rings. The van der Waals surface area contributed by atoms with Gasteiger partial charge < -0.3 is 10.0 Å². The fourth-order valence-electron chi connectivity index (χ4n) is 3.25. The van der Waals surface area contributed by atoms with Gasteiger partial charge in [0.1, 0.15) is 0 Å². The minimum atomic E-state index is -3.19. The van der Waals surface area contributed by atoms with Gasteiger partial charge in [-0.1, -0.05) is 25.1 Å². The maximum Gasteiger partial charge on any atom is 0.336 e. The third kappa shape index (κ3) is 3.54. The molecule has 0 atom stereocenters. The minimum Gasteiger partial charge on any atom is -0.478 e. The Morgan fingerprint density at radius 2 is 1.88 bits per heavy atom. The van der Waals surface area contributed by atoms with Gasteiger partial charge in [-0.15, -0.1) is 0 Å². The topological polar surface area (TPSA) is 74.7 Å². The van der Waals surface area contributed by atoms with Crippen LogP contribution in [0.15, 0.2) is 47.4 Å². The first kappa shape index (κ1) is 17.5. The molecule has 132 valence electrons. The molecule has 0 aromatic heterocycles. The normalized spacial score (nSPS) is 14.2. The van der Waals surface area contributed by atoms with Gasteiger partial charge in [0.05, 0.1) is 16.2 Å². The molecule has 3 rings (SSSR count). The van der Waals surface area contributed by atoms with Crippen LogP contribution in [0.25, 0.3) is 0 Å². The maximum atomic E-state index is 11.9. The molecule has 0 saturated carbocycles. The van der Waals surface area contributed by atoms with Crippen molar-refractivity contribution in [3.05, 3.63) is 59.2 Å². The quantitative estimate of drug-likeness (QED) is 0.888. The lowest BCUT2D eigenvalue weighted by Gasteiger charge is -2.32. The number of rotatable bonds is 5. The van der Waals surface area contributed by atoms with Crippen LogP contribution in [0.2, 0.25) is 0 Å². The molecule has 0 bridgehead atoms. The van der Waals surface area contributed by atoms with Crippen LogP contribution < -0.4 is 4.90 Å². The van der Waals surface area contributed by atoms with E-state index in [4.69, 9.17) is 0 Å². The number of carboxylic acid groups (broad SMARTS) is 1. The molecular weight excluding hydrogens is 338 g/mol. The number of aromatic carboxylic acids is 1. The molecule has 1 aliphatic heterocycles. The summed E-state index contributed by atoms with van der Waals surface area (Å²) >= 11 is 0. The summed E-state index contributed by atoms with van der Waals surface area (Å²) in [6.45, 7) is 3.11. The van der Waals surface area contributed by atoms with Gasteiger partial charge in [-0.25, -0.2) is 13.2 Å². The van der Waals surface area contributed by atoms with Crippen LogP contribution in [-0.4, -0.2) is 31.8 Å². The fraction of sp³-hybridized carbons (Fsp3) is 0.316. The Morgan fingerprint density at radius 3 is 2.52 bits per heavy atom. The summed E-state index contributed by atoms with van der Waals surface area (Å²) in [6.07, 6.45) is 1.67. The van der Waals surface area contributed by atoms with E-state index in [1.165, 1.54) is 0 Å². The molecule has 6 heteroatoms. The van der Waals surface area contributed by atoms with Gasteiger partial charge in [-0.2, -0.15) is 0 Å². The monoisotopic (exact) mass is 359 g/mol. The highest BCUT2D eigenvalue weighted by Gasteiger charge is 2.22. The van der Waals surface area contributed by atoms with Crippen LogP contribution >= 0.6 is 0 Å². The second-order valence-corrected chi connectivity index (χ2v) is 8.46. The largest absolute Gasteiger partial charge is 0.478 e. The van der Waals surface area contributed by atoms with Gasteiger partial charge >= 0.3 is 5.97 Å². The number of carboxylic acids is 1. The summed E-state index contributed by atoms with van der Waals surface area (Å²) < 4.78 is 23.8. The molecule has 0 aliphatic carbocycles. The zero-order chi connectivity index (χ0) is 18.0. The smallest absolute Gasteiger partial charge is 0.336 e. The number of nitrogens with zero attached hydrogens (tertiary/aromatic N) is 1. The van der Waals surface area contributed by atoms with Crippen LogP contribution in [0, 0.1) is 0 Å². The van der Waals surface area contributed by atoms with E-state index in [0.717, 1.165) is 36.2 Å². The molecule has 1 N–H and O–H groups in total. The number of carbonyl (C=O) groups is 1. The van der Waals surface area contributed by atoms with Gasteiger partial charge in [0.15, 0.2) is 9.84 Å². The highest BCUT2D eigenvalue weighted by atomic mass is 32.2. The van der Waals surface area contributed by atoms with Gasteiger partial charge in [0.2, 0.25) is 0 Å². The summed E-state index contributed by atoms with van der Waals surface area (Å²) in [5.74, 6) is -0.808. The van der Waals surface area contributed by atoms with Crippen molar-refractivity contribution in [1.29, 1.82) is 0 Å². The molecule has 0 spiro atoms. The Kier molecular flexibility index (Phi) is 4.81. The highest BCUT2D eigenvalue weighted by molar-refractivity contribution is 7.91. The lowest BCUT2D eigenvalue weighted by Crippen LogP contribution is -2.29. The number of anilines is 1. The van der Waals surface area contributed by atoms with E-state index in [9.17, 15) is 18.3 Å². The molecule has 25 heavy (non-hydrogen) atoms. The predicted octanol–water partition coefficient (Wildman–Crippen LogP) is 3.13. The molecule has 0 radical (unpaired) electrons. The first-order valence-corrected chi connectivity index (χ1v) is 9.99. The Labute approximate surface area is 147 Å². The van der Waals surface area contributed by atoms with Crippen LogP contribution in [-0.2, 0) is 22.8 Å². The van der Waals surface area contributed by atoms with Crippen molar-refractivity contribution in [3.8, 4) is 0 Å². The molecule has 0 unspecified atom stereocenters. The second kappa shape index (κ2) is 6.88. The maximum absolute atomic E-state index is 11.9. The lowest BCUT2D eigenvalue weighted by atomic mass is 9.96. The number of hydrogen-bond donors (Lipinski definition) is 1. The molecule has 2 aromatic carbocycles. The van der Waals surface area contributed by atoms with Crippen molar-refractivity contribution >= 4 is 21.5 Å². The fourth-order valence-corrected chi connectivity index (χ4v) is 4.14. The minimum absolute atomic E-state index is 0.0871. The summed E-state index contributed by atoms with van der Waals surface area (Å²) in [5.41, 5.74) is 3.21. The highest BCUT2D eigenvalue weighted by Crippen LogP contribution is 2.31. The Bertz CT molecular complexity index is 888. The van der Waals surface area contributed by atoms with E-state index in [-0.39, 0.29) is 5.75 Å². The van der Waals surface area contributed by atoms with E-state index < -0.39 is 15.8 Å². The molecular formula is C19H21NO4S. The Morgan fingerprint density at radius 1 is 1.16 bits per heavy atom. The zero-order valence-electron chi connectivity index (χ0n) is 14.1. The first-order valence-electron chi connectivity index (χ1n) is 8.34. The summed E-state index contributed by atoms with van der Waals surface area (Å²) in [7, 11) is -3.19. The Balaban J connectivity index is 1.86. The van der Waals surface area contributed by atoms with Crippen LogP contribution in [0.4, 0.5) is 5.69 Å². The predicted molar refractivity (Wildman–Crippen MR) is 96.9 cm³/mol. The zero-order valence-corrected chi connectivity index (χ0v) is 14.9. The molecule has 0 amide bonds.